The van der Waals surface area contributed by atoms with Crippen molar-refractivity contribution in [3.63, 3.8) is 0 Å². The highest BCUT2D eigenvalue weighted by Gasteiger charge is 2.15. The first-order valence-corrected chi connectivity index (χ1v) is 5.25. The molecule has 1 aromatic carbocycles. The van der Waals surface area contributed by atoms with Crippen molar-refractivity contribution in [2.75, 3.05) is 5.75 Å². The summed E-state index contributed by atoms with van der Waals surface area (Å²) in [6.07, 6.45) is 2.12. The largest absolute Gasteiger partial charge is 0.204 e. The van der Waals surface area contributed by atoms with Gasteiger partial charge < -0.3 is 0 Å². The van der Waals surface area contributed by atoms with Crippen molar-refractivity contribution in [1.29, 1.82) is 0 Å². The zero-order chi connectivity index (χ0) is 8.55. The number of hydrogen-bond donors (Lipinski definition) is 0. The Morgan fingerprint density at radius 1 is 1.42 bits per heavy atom. The molecule has 0 saturated heterocycles. The van der Waals surface area contributed by atoms with Crippen molar-refractivity contribution in [3.8, 4) is 0 Å². The Morgan fingerprint density at radius 2 is 2.25 bits per heavy atom. The molecule has 1 aliphatic heterocycles. The highest BCUT2D eigenvalue weighted by Crippen LogP contribution is 2.35. The number of hydrogen-bond acceptors (Lipinski definition) is 1. The fourth-order valence-corrected chi connectivity index (χ4v) is 2.66. The second-order valence-corrected chi connectivity index (χ2v) is 4.31. The molecule has 0 atom stereocenters. The second-order valence-electron chi connectivity index (χ2n) is 2.80. The van der Waals surface area contributed by atoms with Gasteiger partial charge in [0.2, 0.25) is 0 Å². The SMILES string of the molecule is Fc1c(Cl)ccc2c1SCCC2. The molecule has 0 N–H and O–H groups in total. The van der Waals surface area contributed by atoms with Crippen molar-refractivity contribution in [2.45, 2.75) is 17.7 Å². The molecule has 64 valence electrons. The van der Waals surface area contributed by atoms with Crippen molar-refractivity contribution < 1.29 is 4.39 Å². The monoisotopic (exact) mass is 202 g/mol. The average Bonchev–Trinajstić information content (AvgIpc) is 2.12. The maximum Gasteiger partial charge on any atom is 0.155 e. The minimum atomic E-state index is -0.237. The number of rotatable bonds is 0. The van der Waals surface area contributed by atoms with Gasteiger partial charge in [-0.2, -0.15) is 0 Å². The third kappa shape index (κ3) is 1.34. The summed E-state index contributed by atoms with van der Waals surface area (Å²) in [7, 11) is 0. The molecule has 2 rings (SSSR count). The smallest absolute Gasteiger partial charge is 0.155 e. The zero-order valence-corrected chi connectivity index (χ0v) is 8.01. The van der Waals surface area contributed by atoms with Gasteiger partial charge in [0.1, 0.15) is 0 Å². The van der Waals surface area contributed by atoms with Crippen molar-refractivity contribution >= 4 is 23.4 Å². The zero-order valence-electron chi connectivity index (χ0n) is 6.44. The molecule has 0 saturated carbocycles. The Kier molecular flexibility index (Phi) is 2.28. The number of thioether (sulfide) groups is 1. The number of benzene rings is 1. The van der Waals surface area contributed by atoms with E-state index >= 15 is 0 Å². The molecule has 0 spiro atoms. The van der Waals surface area contributed by atoms with Gasteiger partial charge >= 0.3 is 0 Å². The van der Waals surface area contributed by atoms with E-state index in [-0.39, 0.29) is 10.8 Å². The van der Waals surface area contributed by atoms with Crippen LogP contribution in [0, 0.1) is 5.82 Å². The van der Waals surface area contributed by atoms with E-state index in [0.717, 1.165) is 29.1 Å². The summed E-state index contributed by atoms with van der Waals surface area (Å²) in [6, 6.07) is 3.56. The van der Waals surface area contributed by atoms with Crippen LogP contribution in [0.2, 0.25) is 5.02 Å². The topological polar surface area (TPSA) is 0 Å². The molecule has 0 fully saturated rings. The third-order valence-electron chi connectivity index (χ3n) is 1.97. The van der Waals surface area contributed by atoms with Gasteiger partial charge in [0.05, 0.1) is 5.02 Å². The van der Waals surface area contributed by atoms with Gasteiger partial charge in [-0.05, 0) is 30.2 Å². The Morgan fingerprint density at radius 3 is 3.08 bits per heavy atom. The van der Waals surface area contributed by atoms with Crippen molar-refractivity contribution in [2.24, 2.45) is 0 Å². The first kappa shape index (κ1) is 8.39. The number of aryl methyl sites for hydroxylation is 1. The van der Waals surface area contributed by atoms with Gasteiger partial charge in [-0.3, -0.25) is 0 Å². The van der Waals surface area contributed by atoms with Crippen LogP contribution in [0.5, 0.6) is 0 Å². The first-order chi connectivity index (χ1) is 5.79. The van der Waals surface area contributed by atoms with Crippen LogP contribution >= 0.6 is 23.4 Å². The molecular formula is C9H8ClFS. The molecule has 1 aliphatic rings. The predicted molar refractivity (Wildman–Crippen MR) is 50.5 cm³/mol. The van der Waals surface area contributed by atoms with E-state index in [2.05, 4.69) is 0 Å². The molecule has 0 aromatic heterocycles. The molecule has 0 nitrogen and oxygen atoms in total. The normalized spacial score (nSPS) is 15.8. The van der Waals surface area contributed by atoms with Gasteiger partial charge in [-0.15, -0.1) is 11.8 Å². The lowest BCUT2D eigenvalue weighted by Crippen LogP contribution is -2.00. The van der Waals surface area contributed by atoms with E-state index in [9.17, 15) is 4.39 Å². The van der Waals surface area contributed by atoms with E-state index in [0.29, 0.717) is 0 Å². The standard InChI is InChI=1S/C9H8ClFS/c10-7-4-3-6-2-1-5-12-9(6)8(7)11/h3-4H,1-2,5H2. The van der Waals surface area contributed by atoms with Crippen LogP contribution < -0.4 is 0 Å². The Labute approximate surface area is 80.1 Å². The summed E-state index contributed by atoms with van der Waals surface area (Å²) in [5.74, 6) is 0.767. The summed E-state index contributed by atoms with van der Waals surface area (Å²) >= 11 is 7.23. The molecule has 1 aromatic rings. The van der Waals surface area contributed by atoms with Crippen LogP contribution in [0.4, 0.5) is 4.39 Å². The van der Waals surface area contributed by atoms with E-state index in [1.165, 1.54) is 0 Å². The van der Waals surface area contributed by atoms with Crippen LogP contribution in [0.25, 0.3) is 0 Å². The van der Waals surface area contributed by atoms with Crippen LogP contribution in [0.15, 0.2) is 17.0 Å². The van der Waals surface area contributed by atoms with Crippen LogP contribution in [0.1, 0.15) is 12.0 Å². The Balaban J connectivity index is 2.54. The number of fused-ring (bicyclic) bond motifs is 1. The van der Waals surface area contributed by atoms with Gasteiger partial charge in [0, 0.05) is 4.90 Å². The molecule has 12 heavy (non-hydrogen) atoms. The summed E-state index contributed by atoms with van der Waals surface area (Å²) in [5, 5.41) is 0.239. The van der Waals surface area contributed by atoms with E-state index < -0.39 is 0 Å². The maximum absolute atomic E-state index is 13.3. The lowest BCUT2D eigenvalue weighted by molar-refractivity contribution is 0.594. The lowest BCUT2D eigenvalue weighted by atomic mass is 10.1. The van der Waals surface area contributed by atoms with E-state index in [4.69, 9.17) is 11.6 Å². The van der Waals surface area contributed by atoms with E-state index in [1.807, 2.05) is 6.07 Å². The fraction of sp³-hybridized carbons (Fsp3) is 0.333. The summed E-state index contributed by atoms with van der Waals surface area (Å²) in [5.41, 5.74) is 1.10. The Hall–Kier alpha value is -0.210. The molecular weight excluding hydrogens is 195 g/mol. The molecule has 3 heteroatoms. The predicted octanol–water partition coefficient (Wildman–Crippen LogP) is 3.52. The van der Waals surface area contributed by atoms with Gasteiger partial charge in [0.25, 0.3) is 0 Å². The number of halogens is 2. The molecule has 0 radical (unpaired) electrons. The summed E-state index contributed by atoms with van der Waals surface area (Å²) in [4.78, 5) is 0.758. The minimum absolute atomic E-state index is 0.237. The molecule has 0 unspecified atom stereocenters. The highest BCUT2D eigenvalue weighted by atomic mass is 35.5. The minimum Gasteiger partial charge on any atom is -0.204 e. The van der Waals surface area contributed by atoms with Crippen LogP contribution in [-0.4, -0.2) is 5.75 Å². The second kappa shape index (κ2) is 3.27. The highest BCUT2D eigenvalue weighted by molar-refractivity contribution is 7.99. The van der Waals surface area contributed by atoms with Crippen molar-refractivity contribution in [1.82, 2.24) is 0 Å². The molecule has 1 heterocycles. The summed E-state index contributed by atoms with van der Waals surface area (Å²) in [6.45, 7) is 0. The van der Waals surface area contributed by atoms with Crippen molar-refractivity contribution in [3.05, 3.63) is 28.5 Å². The maximum atomic E-state index is 13.3. The molecule has 0 amide bonds. The summed E-state index contributed by atoms with van der Waals surface area (Å²) < 4.78 is 13.3. The molecule has 0 bridgehead atoms. The fourth-order valence-electron chi connectivity index (χ4n) is 1.36. The molecule has 0 aliphatic carbocycles. The van der Waals surface area contributed by atoms with Gasteiger partial charge in [-0.1, -0.05) is 17.7 Å². The quantitative estimate of drug-likeness (QED) is 0.621. The first-order valence-electron chi connectivity index (χ1n) is 3.89. The average molecular weight is 203 g/mol. The van der Waals surface area contributed by atoms with Gasteiger partial charge in [-0.25, -0.2) is 4.39 Å². The Bertz CT molecular complexity index is 312. The van der Waals surface area contributed by atoms with Crippen LogP contribution in [-0.2, 0) is 6.42 Å². The van der Waals surface area contributed by atoms with Crippen LogP contribution in [0.3, 0.4) is 0 Å². The lowest BCUT2D eigenvalue weighted by Gasteiger charge is -2.15. The van der Waals surface area contributed by atoms with E-state index in [1.54, 1.807) is 17.8 Å². The van der Waals surface area contributed by atoms with Gasteiger partial charge in [0.15, 0.2) is 5.82 Å². The third-order valence-corrected chi connectivity index (χ3v) is 3.48.